The van der Waals surface area contributed by atoms with Gasteiger partial charge in [0.05, 0.1) is 0 Å². The lowest BCUT2D eigenvalue weighted by Crippen LogP contribution is -1.86. The molecule has 0 aliphatic carbocycles. The van der Waals surface area contributed by atoms with Crippen molar-refractivity contribution in [3.05, 3.63) is 40.5 Å². The number of rotatable bonds is 3. The monoisotopic (exact) mass is 188 g/mol. The van der Waals surface area contributed by atoms with Gasteiger partial charge in [-0.15, -0.1) is 0 Å². The van der Waals surface area contributed by atoms with Crippen molar-refractivity contribution < 1.29 is 4.79 Å². The fourth-order valence-electron chi connectivity index (χ4n) is 1.33. The Morgan fingerprint density at radius 1 is 1.36 bits per heavy atom. The number of carbonyl (C=O) groups is 1. The molecule has 0 bridgehead atoms. The van der Waals surface area contributed by atoms with Crippen LogP contribution in [-0.2, 0) is 4.79 Å². The topological polar surface area (TPSA) is 17.1 Å². The molecule has 0 saturated heterocycles. The van der Waals surface area contributed by atoms with Crippen LogP contribution in [0.15, 0.2) is 23.8 Å². The maximum absolute atomic E-state index is 10.7. The molecule has 0 aliphatic heterocycles. The van der Waals surface area contributed by atoms with Crippen LogP contribution >= 0.6 is 0 Å². The summed E-state index contributed by atoms with van der Waals surface area (Å²) < 4.78 is 0. The predicted octanol–water partition coefficient (Wildman–Crippen LogP) is 3.30. The summed E-state index contributed by atoms with van der Waals surface area (Å²) in [6.07, 6.45) is 3.69. The van der Waals surface area contributed by atoms with E-state index in [4.69, 9.17) is 0 Å². The largest absolute Gasteiger partial charge is 0.298 e. The third-order valence-electron chi connectivity index (χ3n) is 2.34. The zero-order chi connectivity index (χ0) is 10.6. The second-order valence-electron chi connectivity index (χ2n) is 3.55. The van der Waals surface area contributed by atoms with Crippen molar-refractivity contribution in [3.63, 3.8) is 0 Å². The highest BCUT2D eigenvalue weighted by Gasteiger charge is 1.97. The first-order valence-electron chi connectivity index (χ1n) is 4.90. The van der Waals surface area contributed by atoms with Gasteiger partial charge in [-0.25, -0.2) is 0 Å². The lowest BCUT2D eigenvalue weighted by Gasteiger charge is -2.03. The molecule has 1 aromatic carbocycles. The van der Waals surface area contributed by atoms with Crippen LogP contribution in [0.25, 0.3) is 6.08 Å². The first-order chi connectivity index (χ1) is 6.67. The van der Waals surface area contributed by atoms with Crippen molar-refractivity contribution in [3.8, 4) is 0 Å². The van der Waals surface area contributed by atoms with Gasteiger partial charge in [-0.3, -0.25) is 4.79 Å². The van der Waals surface area contributed by atoms with Gasteiger partial charge in [0.2, 0.25) is 0 Å². The van der Waals surface area contributed by atoms with E-state index in [1.807, 2.05) is 13.0 Å². The summed E-state index contributed by atoms with van der Waals surface area (Å²) in [7, 11) is 0. The summed E-state index contributed by atoms with van der Waals surface area (Å²) in [5.74, 6) is 0. The standard InChI is InChI=1S/C13H16O/c1-4-12(9-14)8-13-7-10(2)5-6-11(13)3/h5-9H,4H2,1-3H3. The minimum absolute atomic E-state index is 0.789. The van der Waals surface area contributed by atoms with Gasteiger partial charge in [0.15, 0.2) is 0 Å². The van der Waals surface area contributed by atoms with E-state index in [-0.39, 0.29) is 0 Å². The number of allylic oxidation sites excluding steroid dienone is 1. The third kappa shape index (κ3) is 2.56. The van der Waals surface area contributed by atoms with Gasteiger partial charge >= 0.3 is 0 Å². The summed E-state index contributed by atoms with van der Waals surface area (Å²) >= 11 is 0. The first kappa shape index (κ1) is 10.7. The van der Waals surface area contributed by atoms with Gasteiger partial charge in [-0.1, -0.05) is 30.7 Å². The highest BCUT2D eigenvalue weighted by Crippen LogP contribution is 2.14. The molecule has 1 heteroatoms. The van der Waals surface area contributed by atoms with Crippen LogP contribution in [0.3, 0.4) is 0 Å². The van der Waals surface area contributed by atoms with Gasteiger partial charge < -0.3 is 0 Å². The fraction of sp³-hybridized carbons (Fsp3) is 0.308. The quantitative estimate of drug-likeness (QED) is 0.525. The van der Waals surface area contributed by atoms with Crippen molar-refractivity contribution in [1.29, 1.82) is 0 Å². The van der Waals surface area contributed by atoms with Crippen molar-refractivity contribution in [2.75, 3.05) is 0 Å². The molecule has 0 aliphatic rings. The van der Waals surface area contributed by atoms with Gasteiger partial charge in [-0.2, -0.15) is 0 Å². The van der Waals surface area contributed by atoms with Crippen molar-refractivity contribution in [2.45, 2.75) is 27.2 Å². The zero-order valence-electron chi connectivity index (χ0n) is 9.00. The summed E-state index contributed by atoms with van der Waals surface area (Å²) in [6, 6.07) is 6.27. The Hall–Kier alpha value is -1.37. The average Bonchev–Trinajstić information content (AvgIpc) is 2.19. The molecule has 0 radical (unpaired) electrons. The second kappa shape index (κ2) is 4.75. The van der Waals surface area contributed by atoms with E-state index >= 15 is 0 Å². The predicted molar refractivity (Wildman–Crippen MR) is 60.2 cm³/mol. The number of aryl methyl sites for hydroxylation is 2. The first-order valence-corrected chi connectivity index (χ1v) is 4.90. The van der Waals surface area contributed by atoms with Gasteiger partial charge in [-0.05, 0) is 43.0 Å². The normalized spacial score (nSPS) is 11.5. The summed E-state index contributed by atoms with van der Waals surface area (Å²) in [6.45, 7) is 6.11. The second-order valence-corrected chi connectivity index (χ2v) is 3.55. The highest BCUT2D eigenvalue weighted by molar-refractivity contribution is 5.82. The van der Waals surface area contributed by atoms with Crippen LogP contribution < -0.4 is 0 Å². The van der Waals surface area contributed by atoms with Crippen LogP contribution in [0.5, 0.6) is 0 Å². The van der Waals surface area contributed by atoms with Crippen LogP contribution in [0, 0.1) is 13.8 Å². The minimum Gasteiger partial charge on any atom is -0.298 e. The Morgan fingerprint density at radius 3 is 2.64 bits per heavy atom. The molecule has 0 atom stereocenters. The molecule has 0 fully saturated rings. The van der Waals surface area contributed by atoms with E-state index in [2.05, 4.69) is 32.0 Å². The van der Waals surface area contributed by atoms with E-state index < -0.39 is 0 Å². The number of benzene rings is 1. The van der Waals surface area contributed by atoms with E-state index in [1.165, 1.54) is 11.1 Å². The molecule has 74 valence electrons. The molecular weight excluding hydrogens is 172 g/mol. The average molecular weight is 188 g/mol. The Balaban J connectivity index is 3.12. The summed E-state index contributed by atoms with van der Waals surface area (Å²) in [5.41, 5.74) is 4.43. The Morgan fingerprint density at radius 2 is 2.07 bits per heavy atom. The number of hydrogen-bond donors (Lipinski definition) is 0. The Kier molecular flexibility index (Phi) is 3.63. The molecule has 1 aromatic rings. The molecule has 0 saturated carbocycles. The maximum Gasteiger partial charge on any atom is 0.146 e. The number of hydrogen-bond acceptors (Lipinski definition) is 1. The van der Waals surface area contributed by atoms with E-state index in [0.717, 1.165) is 23.8 Å². The molecule has 0 heterocycles. The van der Waals surface area contributed by atoms with Crippen molar-refractivity contribution in [2.24, 2.45) is 0 Å². The van der Waals surface area contributed by atoms with E-state index in [1.54, 1.807) is 0 Å². The van der Waals surface area contributed by atoms with Crippen molar-refractivity contribution in [1.82, 2.24) is 0 Å². The number of aldehydes is 1. The highest BCUT2D eigenvalue weighted by atomic mass is 16.1. The molecule has 0 N–H and O–H groups in total. The zero-order valence-corrected chi connectivity index (χ0v) is 9.00. The van der Waals surface area contributed by atoms with Crippen molar-refractivity contribution >= 4 is 12.4 Å². The summed E-state index contributed by atoms with van der Waals surface area (Å²) in [4.78, 5) is 10.7. The molecule has 14 heavy (non-hydrogen) atoms. The Labute approximate surface area is 85.5 Å². The lowest BCUT2D eigenvalue weighted by molar-refractivity contribution is -0.104. The van der Waals surface area contributed by atoms with E-state index in [0.29, 0.717) is 0 Å². The Bertz CT molecular complexity index is 361. The molecule has 1 nitrogen and oxygen atoms in total. The van der Waals surface area contributed by atoms with Gasteiger partial charge in [0.25, 0.3) is 0 Å². The fourth-order valence-corrected chi connectivity index (χ4v) is 1.33. The van der Waals surface area contributed by atoms with Crippen LogP contribution in [0.1, 0.15) is 30.0 Å². The molecule has 1 rings (SSSR count). The SMILES string of the molecule is CCC(C=O)=Cc1cc(C)ccc1C. The van der Waals surface area contributed by atoms with Crippen LogP contribution in [0.4, 0.5) is 0 Å². The maximum atomic E-state index is 10.7. The van der Waals surface area contributed by atoms with Crippen LogP contribution in [0.2, 0.25) is 0 Å². The minimum atomic E-state index is 0.789. The molecular formula is C13H16O. The van der Waals surface area contributed by atoms with Crippen LogP contribution in [-0.4, -0.2) is 6.29 Å². The number of carbonyl (C=O) groups excluding carboxylic acids is 1. The molecule has 0 spiro atoms. The molecule has 0 amide bonds. The third-order valence-corrected chi connectivity index (χ3v) is 2.34. The lowest BCUT2D eigenvalue weighted by atomic mass is 10.0. The van der Waals surface area contributed by atoms with Gasteiger partial charge in [0, 0.05) is 0 Å². The van der Waals surface area contributed by atoms with E-state index in [9.17, 15) is 4.79 Å². The summed E-state index contributed by atoms with van der Waals surface area (Å²) in [5, 5.41) is 0. The smallest absolute Gasteiger partial charge is 0.146 e. The van der Waals surface area contributed by atoms with Gasteiger partial charge in [0.1, 0.15) is 6.29 Å². The molecule has 0 unspecified atom stereocenters. The molecule has 0 aromatic heterocycles.